The van der Waals surface area contributed by atoms with E-state index in [0.717, 1.165) is 25.9 Å². The van der Waals surface area contributed by atoms with Gasteiger partial charge in [-0.2, -0.15) is 0 Å². The van der Waals surface area contributed by atoms with Crippen molar-refractivity contribution in [2.24, 2.45) is 28.6 Å². The van der Waals surface area contributed by atoms with Crippen molar-refractivity contribution in [1.82, 2.24) is 0 Å². The van der Waals surface area contributed by atoms with Crippen molar-refractivity contribution in [3.8, 4) is 11.8 Å². The van der Waals surface area contributed by atoms with E-state index in [1.807, 2.05) is 13.0 Å². The molecule has 0 aliphatic heterocycles. The second-order valence-electron chi connectivity index (χ2n) is 13.5. The highest BCUT2D eigenvalue weighted by molar-refractivity contribution is 6.70. The van der Waals surface area contributed by atoms with Crippen LogP contribution in [0.2, 0.25) is 39.3 Å². The summed E-state index contributed by atoms with van der Waals surface area (Å²) in [5, 5.41) is 0. The van der Waals surface area contributed by atoms with Crippen LogP contribution in [0.3, 0.4) is 0 Å². The van der Waals surface area contributed by atoms with Crippen LogP contribution in [0.25, 0.3) is 0 Å². The first-order valence-electron chi connectivity index (χ1n) is 13.3. The van der Waals surface area contributed by atoms with Crippen molar-refractivity contribution in [2.75, 3.05) is 6.61 Å². The monoisotopic (exact) mass is 486 g/mol. The second-order valence-corrected chi connectivity index (χ2v) is 22.5. The van der Waals surface area contributed by atoms with Crippen LogP contribution in [0.15, 0.2) is 11.6 Å². The highest BCUT2D eigenvalue weighted by Crippen LogP contribution is 2.68. The molecular weight excluding hydrogens is 440 g/mol. The quantitative estimate of drug-likeness (QED) is 0.311. The zero-order valence-electron chi connectivity index (χ0n) is 22.4. The van der Waals surface area contributed by atoms with Crippen LogP contribution in [0.1, 0.15) is 65.2 Å². The van der Waals surface area contributed by atoms with E-state index in [-0.39, 0.29) is 16.4 Å². The van der Waals surface area contributed by atoms with Gasteiger partial charge in [0.05, 0.1) is 0 Å². The third-order valence-corrected chi connectivity index (χ3v) is 11.3. The largest absolute Gasteiger partial charge is 0.417 e. The summed E-state index contributed by atoms with van der Waals surface area (Å²) < 4.78 is 13.6. The molecule has 4 aliphatic rings. The molecule has 0 saturated heterocycles. The topological polar surface area (TPSA) is 35.5 Å². The lowest BCUT2D eigenvalue weighted by atomic mass is 9.46. The molecule has 1 unspecified atom stereocenters. The van der Waals surface area contributed by atoms with Crippen molar-refractivity contribution in [2.45, 2.75) is 110 Å². The molecule has 3 fully saturated rings. The average Bonchev–Trinajstić information content (AvgIpc) is 2.97. The Morgan fingerprint density at radius 3 is 2.30 bits per heavy atom. The first kappa shape index (κ1) is 25.4. The van der Waals surface area contributed by atoms with E-state index >= 15 is 0 Å². The van der Waals surface area contributed by atoms with Crippen LogP contribution in [0.5, 0.6) is 0 Å². The second kappa shape index (κ2) is 8.47. The molecule has 6 atom stereocenters. The smallest absolute Gasteiger partial charge is 0.185 e. The molecule has 0 bridgehead atoms. The first-order valence-corrected chi connectivity index (χ1v) is 20.1. The van der Waals surface area contributed by atoms with Crippen molar-refractivity contribution in [3.05, 3.63) is 11.6 Å². The third kappa shape index (κ3) is 4.39. The molecule has 0 amide bonds. The third-order valence-electron chi connectivity index (χ3n) is 9.38. The number of ketones is 1. The van der Waals surface area contributed by atoms with Crippen LogP contribution in [0.4, 0.5) is 0 Å². The summed E-state index contributed by atoms with van der Waals surface area (Å²) in [7, 11) is -3.39. The van der Waals surface area contributed by atoms with Crippen molar-refractivity contribution < 1.29 is 13.6 Å². The maximum Gasteiger partial charge on any atom is 0.185 e. The Hall–Kier alpha value is -0.676. The Morgan fingerprint density at radius 1 is 0.970 bits per heavy atom. The van der Waals surface area contributed by atoms with Gasteiger partial charge < -0.3 is 8.85 Å². The average molecular weight is 487 g/mol. The maximum absolute atomic E-state index is 12.4. The Kier molecular flexibility index (Phi) is 6.52. The lowest BCUT2D eigenvalue weighted by molar-refractivity contribution is -0.121. The van der Waals surface area contributed by atoms with Gasteiger partial charge in [0.2, 0.25) is 0 Å². The van der Waals surface area contributed by atoms with Crippen LogP contribution in [-0.4, -0.2) is 34.6 Å². The van der Waals surface area contributed by atoms with Crippen molar-refractivity contribution in [1.29, 1.82) is 0 Å². The SMILES string of the molecule is CC#CC1(O[Si](C)(C)C)CC[C@H]2[C@@H]3CCC4=CC(=O)CC[C@]4(CO[Si](C)(C)C)[C@@H]3CC[C@@]21C. The van der Waals surface area contributed by atoms with Gasteiger partial charge in [0.25, 0.3) is 0 Å². The Labute approximate surface area is 204 Å². The van der Waals surface area contributed by atoms with Gasteiger partial charge in [-0.25, -0.2) is 0 Å². The fraction of sp³-hybridized carbons (Fsp3) is 0.821. The molecule has 33 heavy (non-hydrogen) atoms. The minimum absolute atomic E-state index is 0.0692. The van der Waals surface area contributed by atoms with E-state index in [4.69, 9.17) is 8.85 Å². The minimum atomic E-state index is -1.75. The number of fused-ring (bicyclic) bond motifs is 5. The molecule has 184 valence electrons. The van der Waals surface area contributed by atoms with Crippen molar-refractivity contribution in [3.63, 3.8) is 0 Å². The molecule has 4 rings (SSSR count). The molecule has 5 heteroatoms. The van der Waals surface area contributed by atoms with Gasteiger partial charge in [-0.05, 0) is 115 Å². The van der Waals surface area contributed by atoms with Crippen LogP contribution in [-0.2, 0) is 13.6 Å². The van der Waals surface area contributed by atoms with Crippen molar-refractivity contribution >= 4 is 22.4 Å². The van der Waals surface area contributed by atoms with Gasteiger partial charge in [-0.1, -0.05) is 18.4 Å². The summed E-state index contributed by atoms with van der Waals surface area (Å²) >= 11 is 0. The number of carbonyl (C=O) groups is 1. The summed E-state index contributed by atoms with van der Waals surface area (Å²) in [6.07, 6.45) is 10.6. The maximum atomic E-state index is 12.4. The molecule has 0 aromatic rings. The minimum Gasteiger partial charge on any atom is -0.417 e. The summed E-state index contributed by atoms with van der Waals surface area (Å²) in [6.45, 7) is 19.1. The Morgan fingerprint density at radius 2 is 1.67 bits per heavy atom. The standard InChI is InChI=1S/C28H46O3Si2/c1-9-15-28(31-33(6,7)8)18-14-24-23-11-10-21-19-22(29)12-17-27(21,20-30-32(3,4)5)25(23)13-16-26(24,28)2/h19,23-25H,10-14,16-18,20H2,1-8H3/t23-,24-,25+,26-,27+,28?/m0/s1. The van der Waals surface area contributed by atoms with Crippen LogP contribution < -0.4 is 0 Å². The fourth-order valence-electron chi connectivity index (χ4n) is 8.10. The number of rotatable bonds is 5. The lowest BCUT2D eigenvalue weighted by Gasteiger charge is -2.60. The highest BCUT2D eigenvalue weighted by atomic mass is 28.4. The molecule has 0 heterocycles. The molecule has 3 saturated carbocycles. The van der Waals surface area contributed by atoms with E-state index in [0.29, 0.717) is 30.0 Å². The number of hydrogen-bond donors (Lipinski definition) is 0. The predicted octanol–water partition coefficient (Wildman–Crippen LogP) is 6.96. The molecule has 0 spiro atoms. The van der Waals surface area contributed by atoms with E-state index in [1.165, 1.54) is 31.3 Å². The molecule has 0 N–H and O–H groups in total. The summed E-state index contributed by atoms with van der Waals surface area (Å²) in [4.78, 5) is 12.4. The molecule has 0 aromatic heterocycles. The molecule has 4 aliphatic carbocycles. The molecular formula is C28H46O3Si2. The Bertz CT molecular complexity index is 886. The predicted molar refractivity (Wildman–Crippen MR) is 141 cm³/mol. The summed E-state index contributed by atoms with van der Waals surface area (Å²) in [5.41, 5.74) is 1.31. The molecule has 3 nitrogen and oxygen atoms in total. The van der Waals surface area contributed by atoms with E-state index in [1.54, 1.807) is 0 Å². The van der Waals surface area contributed by atoms with Gasteiger partial charge in [0.15, 0.2) is 22.4 Å². The fourth-order valence-corrected chi connectivity index (χ4v) is 10.2. The van der Waals surface area contributed by atoms with Gasteiger partial charge in [0.1, 0.15) is 5.60 Å². The highest BCUT2D eigenvalue weighted by Gasteiger charge is 2.66. The number of hydrogen-bond acceptors (Lipinski definition) is 3. The summed E-state index contributed by atoms with van der Waals surface area (Å²) in [6, 6.07) is 0. The molecule has 0 radical (unpaired) electrons. The van der Waals surface area contributed by atoms with Gasteiger partial charge in [0, 0.05) is 23.9 Å². The van der Waals surface area contributed by atoms with Gasteiger partial charge >= 0.3 is 0 Å². The lowest BCUT2D eigenvalue weighted by Crippen LogP contribution is -2.58. The van der Waals surface area contributed by atoms with E-state index in [9.17, 15) is 4.79 Å². The first-order chi connectivity index (χ1) is 15.3. The molecule has 0 aromatic carbocycles. The van der Waals surface area contributed by atoms with Crippen LogP contribution in [0, 0.1) is 40.4 Å². The normalized spacial score (nSPS) is 40.8. The van der Waals surface area contributed by atoms with E-state index < -0.39 is 16.6 Å². The Balaban J connectivity index is 1.71. The number of carbonyl (C=O) groups excluding carboxylic acids is 1. The van der Waals surface area contributed by atoms with Crippen LogP contribution >= 0.6 is 0 Å². The van der Waals surface area contributed by atoms with E-state index in [2.05, 4.69) is 58.0 Å². The van der Waals surface area contributed by atoms with Gasteiger partial charge in [-0.15, -0.1) is 5.92 Å². The van der Waals surface area contributed by atoms with Gasteiger partial charge in [-0.3, -0.25) is 4.79 Å². The zero-order valence-corrected chi connectivity index (χ0v) is 24.4. The zero-order chi connectivity index (χ0) is 24.3. The summed E-state index contributed by atoms with van der Waals surface area (Å²) in [5.74, 6) is 9.22.